The molecule has 74 valence electrons. The zero-order chi connectivity index (χ0) is 10.0. The number of rotatable bonds is 2. The molecule has 0 unspecified atom stereocenters. The van der Waals surface area contributed by atoms with Crippen molar-refractivity contribution in [2.75, 3.05) is 6.61 Å². The summed E-state index contributed by atoms with van der Waals surface area (Å²) < 4.78 is 11.5. The Hall–Kier alpha value is -1.00. The van der Waals surface area contributed by atoms with Crippen molar-refractivity contribution in [2.45, 2.75) is 5.79 Å². The summed E-state index contributed by atoms with van der Waals surface area (Å²) in [6.07, 6.45) is 2.86. The molecule has 2 rings (SSSR count). The average Bonchev–Trinajstić information content (AvgIpc) is 2.68. The summed E-state index contributed by atoms with van der Waals surface area (Å²) in [5.41, 5.74) is 0.785. The van der Waals surface area contributed by atoms with Crippen molar-refractivity contribution in [3.05, 3.63) is 46.8 Å². The molecule has 0 radical (unpaired) electrons. The van der Waals surface area contributed by atoms with Crippen LogP contribution in [0.1, 0.15) is 5.56 Å². The van der Waals surface area contributed by atoms with Crippen molar-refractivity contribution in [3.63, 3.8) is 0 Å². The standard InChI is InChI=1S/C10H9BrO3/c11-9-3-1-8(2-4-9)10(7-12)13-5-6-14-10/h1-6,12H,7H2. The topological polar surface area (TPSA) is 38.7 Å². The van der Waals surface area contributed by atoms with Gasteiger partial charge in [-0.2, -0.15) is 0 Å². The number of hydrogen-bond donors (Lipinski definition) is 1. The van der Waals surface area contributed by atoms with Gasteiger partial charge in [0.25, 0.3) is 5.79 Å². The summed E-state index contributed by atoms with van der Waals surface area (Å²) in [5, 5.41) is 9.24. The Morgan fingerprint density at radius 2 is 1.71 bits per heavy atom. The molecule has 0 saturated carbocycles. The highest BCUT2D eigenvalue weighted by Crippen LogP contribution is 2.32. The van der Waals surface area contributed by atoms with Crippen LogP contribution in [0.5, 0.6) is 0 Å². The van der Waals surface area contributed by atoms with Gasteiger partial charge in [0.2, 0.25) is 0 Å². The second-order valence-electron chi connectivity index (χ2n) is 2.93. The summed E-state index contributed by atoms with van der Waals surface area (Å²) >= 11 is 3.33. The quantitative estimate of drug-likeness (QED) is 0.881. The fourth-order valence-electron chi connectivity index (χ4n) is 1.31. The minimum absolute atomic E-state index is 0.221. The molecule has 0 saturated heterocycles. The third-order valence-corrected chi connectivity index (χ3v) is 2.59. The lowest BCUT2D eigenvalue weighted by atomic mass is 10.1. The van der Waals surface area contributed by atoms with Crippen LogP contribution in [0.25, 0.3) is 0 Å². The Morgan fingerprint density at radius 1 is 1.14 bits per heavy atom. The molecule has 0 aliphatic carbocycles. The largest absolute Gasteiger partial charge is 0.451 e. The molecular formula is C10H9BrO3. The fourth-order valence-corrected chi connectivity index (χ4v) is 1.57. The van der Waals surface area contributed by atoms with E-state index in [1.807, 2.05) is 24.3 Å². The molecule has 4 heteroatoms. The van der Waals surface area contributed by atoms with Crippen LogP contribution in [0.15, 0.2) is 41.3 Å². The number of halogens is 1. The van der Waals surface area contributed by atoms with Gasteiger partial charge in [-0.05, 0) is 12.1 Å². The minimum atomic E-state index is -1.05. The maximum absolute atomic E-state index is 9.24. The zero-order valence-electron chi connectivity index (χ0n) is 7.31. The number of ether oxygens (including phenoxy) is 2. The Kier molecular flexibility index (Phi) is 2.48. The van der Waals surface area contributed by atoms with E-state index in [1.54, 1.807) is 0 Å². The molecule has 1 aliphatic rings. The molecule has 1 N–H and O–H groups in total. The molecular weight excluding hydrogens is 248 g/mol. The van der Waals surface area contributed by atoms with Crippen molar-refractivity contribution in [1.82, 2.24) is 0 Å². The number of aliphatic hydroxyl groups excluding tert-OH is 1. The van der Waals surface area contributed by atoms with Crippen LogP contribution in [0.4, 0.5) is 0 Å². The molecule has 1 heterocycles. The van der Waals surface area contributed by atoms with Crippen LogP contribution in [0, 0.1) is 0 Å². The third-order valence-electron chi connectivity index (χ3n) is 2.06. The van der Waals surface area contributed by atoms with Gasteiger partial charge in [-0.1, -0.05) is 28.1 Å². The first kappa shape index (κ1) is 9.55. The van der Waals surface area contributed by atoms with Crippen LogP contribution in [0.2, 0.25) is 0 Å². The second-order valence-corrected chi connectivity index (χ2v) is 3.84. The van der Waals surface area contributed by atoms with E-state index in [0.29, 0.717) is 0 Å². The Balaban J connectivity index is 2.32. The predicted octanol–water partition coefficient (Wildman–Crippen LogP) is 2.11. The van der Waals surface area contributed by atoms with Crippen molar-refractivity contribution in [1.29, 1.82) is 0 Å². The summed E-state index contributed by atoms with van der Waals surface area (Å²) in [6, 6.07) is 7.43. The van der Waals surface area contributed by atoms with E-state index in [0.717, 1.165) is 10.0 Å². The Labute approximate surface area is 90.1 Å². The van der Waals surface area contributed by atoms with Gasteiger partial charge in [0.15, 0.2) is 0 Å². The van der Waals surface area contributed by atoms with Crippen molar-refractivity contribution >= 4 is 15.9 Å². The predicted molar refractivity (Wildman–Crippen MR) is 54.2 cm³/mol. The van der Waals surface area contributed by atoms with E-state index in [2.05, 4.69) is 15.9 Å². The molecule has 0 atom stereocenters. The molecule has 0 bridgehead atoms. The van der Waals surface area contributed by atoms with Crippen LogP contribution < -0.4 is 0 Å². The van der Waals surface area contributed by atoms with Gasteiger partial charge in [0, 0.05) is 10.0 Å². The van der Waals surface area contributed by atoms with E-state index < -0.39 is 5.79 Å². The number of hydrogen-bond acceptors (Lipinski definition) is 3. The molecule has 0 fully saturated rings. The molecule has 0 aromatic heterocycles. The SMILES string of the molecule is OCC1(c2ccc(Br)cc2)OC=CO1. The summed E-state index contributed by atoms with van der Waals surface area (Å²) in [4.78, 5) is 0. The maximum Gasteiger partial charge on any atom is 0.300 e. The Bertz CT molecular complexity index is 337. The first-order chi connectivity index (χ1) is 6.77. The lowest BCUT2D eigenvalue weighted by Crippen LogP contribution is -2.31. The molecule has 1 aromatic rings. The van der Waals surface area contributed by atoms with E-state index in [4.69, 9.17) is 9.47 Å². The van der Waals surface area contributed by atoms with E-state index in [9.17, 15) is 5.11 Å². The van der Waals surface area contributed by atoms with Crippen LogP contribution in [0.3, 0.4) is 0 Å². The molecule has 0 spiro atoms. The van der Waals surface area contributed by atoms with Crippen molar-refractivity contribution < 1.29 is 14.6 Å². The van der Waals surface area contributed by atoms with E-state index >= 15 is 0 Å². The van der Waals surface area contributed by atoms with Gasteiger partial charge >= 0.3 is 0 Å². The highest BCUT2D eigenvalue weighted by Gasteiger charge is 2.37. The molecule has 1 aromatic carbocycles. The molecule has 0 amide bonds. The van der Waals surface area contributed by atoms with E-state index in [-0.39, 0.29) is 6.61 Å². The third kappa shape index (κ3) is 1.51. The van der Waals surface area contributed by atoms with Gasteiger partial charge in [0.1, 0.15) is 19.1 Å². The van der Waals surface area contributed by atoms with Crippen LogP contribution in [-0.2, 0) is 15.3 Å². The van der Waals surface area contributed by atoms with Gasteiger partial charge < -0.3 is 14.6 Å². The first-order valence-corrected chi connectivity index (χ1v) is 4.94. The normalized spacial score (nSPS) is 17.6. The lowest BCUT2D eigenvalue weighted by molar-refractivity contribution is -0.177. The minimum Gasteiger partial charge on any atom is -0.451 e. The highest BCUT2D eigenvalue weighted by atomic mass is 79.9. The zero-order valence-corrected chi connectivity index (χ0v) is 8.90. The summed E-state index contributed by atoms with van der Waals surface area (Å²) in [7, 11) is 0. The average molecular weight is 257 g/mol. The van der Waals surface area contributed by atoms with Gasteiger partial charge in [-0.25, -0.2) is 0 Å². The number of benzene rings is 1. The van der Waals surface area contributed by atoms with Crippen molar-refractivity contribution in [3.8, 4) is 0 Å². The number of aliphatic hydroxyl groups is 1. The highest BCUT2D eigenvalue weighted by molar-refractivity contribution is 9.10. The van der Waals surface area contributed by atoms with Gasteiger partial charge in [-0.15, -0.1) is 0 Å². The van der Waals surface area contributed by atoms with Gasteiger partial charge in [-0.3, -0.25) is 0 Å². The fraction of sp³-hybridized carbons (Fsp3) is 0.200. The second kappa shape index (κ2) is 3.63. The monoisotopic (exact) mass is 256 g/mol. The first-order valence-electron chi connectivity index (χ1n) is 4.14. The summed E-state index contributed by atoms with van der Waals surface area (Å²) in [5.74, 6) is -1.05. The molecule has 1 aliphatic heterocycles. The van der Waals surface area contributed by atoms with E-state index in [1.165, 1.54) is 12.5 Å². The molecule has 3 nitrogen and oxygen atoms in total. The smallest absolute Gasteiger partial charge is 0.300 e. The van der Waals surface area contributed by atoms with Crippen molar-refractivity contribution in [2.24, 2.45) is 0 Å². The summed E-state index contributed by atoms with van der Waals surface area (Å²) in [6.45, 7) is -0.221. The lowest BCUT2D eigenvalue weighted by Gasteiger charge is -2.25. The Morgan fingerprint density at radius 3 is 2.21 bits per heavy atom. The maximum atomic E-state index is 9.24. The molecule has 14 heavy (non-hydrogen) atoms. The van der Waals surface area contributed by atoms with Crippen LogP contribution in [-0.4, -0.2) is 11.7 Å². The van der Waals surface area contributed by atoms with Crippen LogP contribution >= 0.6 is 15.9 Å². The van der Waals surface area contributed by atoms with Gasteiger partial charge in [0.05, 0.1) is 0 Å².